The van der Waals surface area contributed by atoms with Crippen molar-refractivity contribution >= 4 is 31.4 Å². The quantitative estimate of drug-likeness (QED) is 0.173. The van der Waals surface area contributed by atoms with Crippen LogP contribution >= 0.6 is 7.82 Å². The van der Waals surface area contributed by atoms with E-state index in [4.69, 9.17) is 18.5 Å². The molecule has 8 rings (SSSR count). The molecule has 2 aliphatic rings. The molecule has 0 radical (unpaired) electrons. The molecule has 2 aromatic carbocycles. The van der Waals surface area contributed by atoms with Crippen LogP contribution in [0.25, 0.3) is 45.3 Å². The van der Waals surface area contributed by atoms with E-state index in [1.165, 1.54) is 46.3 Å². The van der Waals surface area contributed by atoms with E-state index >= 15 is 8.78 Å². The average Bonchev–Trinajstić information content (AvgIpc) is 4.01. The van der Waals surface area contributed by atoms with Gasteiger partial charge in [0.15, 0.2) is 0 Å². The number of benzene rings is 2. The molecule has 6 heterocycles. The Balaban J connectivity index is 0.820. The number of anilines is 2. The van der Waals surface area contributed by atoms with Crippen molar-refractivity contribution in [2.45, 2.75) is 12.2 Å². The number of aromatic nitrogens is 10. The summed E-state index contributed by atoms with van der Waals surface area (Å²) in [4.78, 5) is 49.1. The van der Waals surface area contributed by atoms with Crippen molar-refractivity contribution in [1.29, 1.82) is 0 Å². The second-order valence-electron chi connectivity index (χ2n) is 12.7. The lowest BCUT2D eigenvalue weighted by Crippen LogP contribution is -2.26. The maximum atomic E-state index is 15.2. The number of pyridine rings is 2. The Kier molecular flexibility index (Phi) is 9.92. The Morgan fingerprint density at radius 2 is 1.16 bits per heavy atom. The van der Waals surface area contributed by atoms with E-state index in [-0.39, 0.29) is 35.6 Å². The Bertz CT molecular complexity index is 2350. The normalized spacial score (nSPS) is 17.8. The number of hydrogen-bond donors (Lipinski definition) is 1. The van der Waals surface area contributed by atoms with E-state index in [0.29, 0.717) is 34.2 Å². The van der Waals surface area contributed by atoms with Gasteiger partial charge >= 0.3 is 20.0 Å². The van der Waals surface area contributed by atoms with Crippen LogP contribution in [-0.4, -0.2) is 106 Å². The van der Waals surface area contributed by atoms with Gasteiger partial charge in [0.05, 0.1) is 51.8 Å². The van der Waals surface area contributed by atoms with E-state index in [1.54, 1.807) is 38.4 Å². The number of cyclic esters (lactones) is 2. The van der Waals surface area contributed by atoms with Gasteiger partial charge in [-0.3, -0.25) is 28.8 Å². The minimum Gasteiger partial charge on any atom is -0.441 e. The first kappa shape index (κ1) is 37.3. The maximum absolute atomic E-state index is 15.2. The SMILES string of the molecule is Cn1nnc(-c2ccc(-c3ccc(N4CC(COP(=O)(O)OCC5CN(c6ccc(-c7ccc(-c8nnn(C)n8)nc7)c(F)c6)C(=O)O5)OC4=O)cc3F)cn2)n1. The summed E-state index contributed by atoms with van der Waals surface area (Å²) in [5.74, 6) is -0.637. The van der Waals surface area contributed by atoms with Crippen molar-refractivity contribution in [1.82, 2.24) is 50.4 Å². The third-order valence-corrected chi connectivity index (χ3v) is 9.70. The Labute approximate surface area is 320 Å². The predicted molar refractivity (Wildman–Crippen MR) is 192 cm³/mol. The van der Waals surface area contributed by atoms with Crippen LogP contribution in [0.1, 0.15) is 0 Å². The fourth-order valence-electron chi connectivity index (χ4n) is 5.99. The number of hydrogen-bond acceptors (Lipinski definition) is 15. The van der Waals surface area contributed by atoms with E-state index in [0.717, 1.165) is 21.9 Å². The molecule has 2 amide bonds. The van der Waals surface area contributed by atoms with Gasteiger partial charge in [0.1, 0.15) is 35.2 Å². The molecule has 292 valence electrons. The summed E-state index contributed by atoms with van der Waals surface area (Å²) < 4.78 is 63.8. The van der Waals surface area contributed by atoms with Crippen LogP contribution in [0.2, 0.25) is 0 Å². The van der Waals surface area contributed by atoms with E-state index in [2.05, 4.69) is 40.8 Å². The smallest absolute Gasteiger partial charge is 0.441 e. The van der Waals surface area contributed by atoms with E-state index in [1.807, 2.05) is 0 Å². The lowest BCUT2D eigenvalue weighted by molar-refractivity contribution is 0.0572. The molecular weight excluding hydrogens is 773 g/mol. The molecule has 0 bridgehead atoms. The highest BCUT2D eigenvalue weighted by atomic mass is 31.2. The van der Waals surface area contributed by atoms with Gasteiger partial charge in [-0.25, -0.2) is 22.9 Å². The van der Waals surface area contributed by atoms with Crippen LogP contribution in [-0.2, 0) is 37.2 Å². The number of tetrazole rings is 2. The van der Waals surface area contributed by atoms with Gasteiger partial charge in [-0.05, 0) is 59.0 Å². The van der Waals surface area contributed by atoms with Crippen molar-refractivity contribution in [2.75, 3.05) is 36.1 Å². The third-order valence-electron chi connectivity index (χ3n) is 8.75. The Morgan fingerprint density at radius 1 is 0.719 bits per heavy atom. The van der Waals surface area contributed by atoms with Crippen LogP contribution in [0, 0.1) is 11.6 Å². The van der Waals surface area contributed by atoms with Crippen molar-refractivity contribution in [3.63, 3.8) is 0 Å². The Morgan fingerprint density at radius 3 is 1.51 bits per heavy atom. The standard InChI is InChI=1S/C34H29F2N12O8P/c1-45-41-31(39-43-45)29-9-3-19(13-37-29)25-7-5-21(11-27(25)35)47-15-23(55-33(47)49)17-53-57(51,52)54-18-24-16-48(34(50)56-24)22-6-8-26(28(36)12-22)20-4-10-30(38-14-20)32-40-44-46(2)42-32/h3-14,23-24H,15-18H2,1-2H3,(H,51,52). The number of amides is 2. The lowest BCUT2D eigenvalue weighted by Gasteiger charge is -2.17. The second-order valence-corrected chi connectivity index (χ2v) is 14.1. The number of halogens is 2. The van der Waals surface area contributed by atoms with Crippen LogP contribution in [0.4, 0.5) is 29.7 Å². The molecule has 1 N–H and O–H groups in total. The summed E-state index contributed by atoms with van der Waals surface area (Å²) in [6, 6.07) is 14.9. The number of phosphoric ester groups is 1. The summed E-state index contributed by atoms with van der Waals surface area (Å²) in [7, 11) is -1.50. The van der Waals surface area contributed by atoms with Crippen LogP contribution in [0.3, 0.4) is 0 Å². The van der Waals surface area contributed by atoms with Gasteiger partial charge in [-0.1, -0.05) is 12.1 Å². The van der Waals surface area contributed by atoms with Crippen molar-refractivity contribution in [3.8, 4) is 45.3 Å². The molecule has 0 saturated carbocycles. The Hall–Kier alpha value is -6.61. The monoisotopic (exact) mass is 802 g/mol. The van der Waals surface area contributed by atoms with Gasteiger partial charge in [-0.2, -0.15) is 9.59 Å². The molecule has 2 saturated heterocycles. The number of ether oxygens (including phenoxy) is 2. The summed E-state index contributed by atoms with van der Waals surface area (Å²) in [6.07, 6.45) is -0.719. The number of carbonyl (C=O) groups is 2. The molecule has 2 unspecified atom stereocenters. The number of phosphoric acid groups is 1. The largest absolute Gasteiger partial charge is 0.472 e. The highest BCUT2D eigenvalue weighted by Crippen LogP contribution is 2.44. The van der Waals surface area contributed by atoms with E-state index in [9.17, 15) is 19.0 Å². The molecular formula is C34H29F2N12O8P. The molecule has 0 aliphatic carbocycles. The van der Waals surface area contributed by atoms with Crippen molar-refractivity contribution in [3.05, 3.63) is 84.7 Å². The van der Waals surface area contributed by atoms with E-state index < -0.39 is 57.1 Å². The zero-order chi connectivity index (χ0) is 39.8. The minimum absolute atomic E-state index is 0.119. The number of rotatable bonds is 12. The molecule has 2 atom stereocenters. The highest BCUT2D eigenvalue weighted by Gasteiger charge is 2.38. The molecule has 57 heavy (non-hydrogen) atoms. The fraction of sp³-hybridized carbons (Fsp3) is 0.235. The van der Waals surface area contributed by atoms with Crippen LogP contribution < -0.4 is 9.80 Å². The number of aryl methyl sites for hydroxylation is 2. The van der Waals surface area contributed by atoms with Crippen LogP contribution in [0.15, 0.2) is 73.1 Å². The molecule has 0 spiro atoms. The summed E-state index contributed by atoms with van der Waals surface area (Å²) >= 11 is 0. The van der Waals surface area contributed by atoms with Gasteiger partial charge in [0, 0.05) is 34.6 Å². The molecule has 20 nitrogen and oxygen atoms in total. The first-order valence-electron chi connectivity index (χ1n) is 17.0. The maximum Gasteiger partial charge on any atom is 0.472 e. The third kappa shape index (κ3) is 8.05. The topological polar surface area (TPSA) is 228 Å². The number of carbonyl (C=O) groups excluding carboxylic acids is 2. The summed E-state index contributed by atoms with van der Waals surface area (Å²) in [5.41, 5.74) is 2.68. The van der Waals surface area contributed by atoms with Gasteiger partial charge in [-0.15, -0.1) is 20.4 Å². The highest BCUT2D eigenvalue weighted by molar-refractivity contribution is 7.47. The predicted octanol–water partition coefficient (Wildman–Crippen LogP) is 3.95. The second kappa shape index (κ2) is 15.1. The molecule has 6 aromatic rings. The van der Waals surface area contributed by atoms with Crippen molar-refractivity contribution < 1.29 is 46.3 Å². The van der Waals surface area contributed by atoms with Gasteiger partial charge < -0.3 is 14.4 Å². The summed E-state index contributed by atoms with van der Waals surface area (Å²) in [5, 5.41) is 23.5. The molecule has 23 heteroatoms. The van der Waals surface area contributed by atoms with Crippen molar-refractivity contribution in [2.24, 2.45) is 14.1 Å². The summed E-state index contributed by atoms with van der Waals surface area (Å²) in [6.45, 7) is -1.31. The molecule has 2 fully saturated rings. The van der Waals surface area contributed by atoms with Gasteiger partial charge in [0.2, 0.25) is 11.6 Å². The lowest BCUT2D eigenvalue weighted by atomic mass is 10.1. The average molecular weight is 803 g/mol. The minimum atomic E-state index is -4.74. The molecule has 4 aromatic heterocycles. The van der Waals surface area contributed by atoms with Crippen LogP contribution in [0.5, 0.6) is 0 Å². The zero-order valence-corrected chi connectivity index (χ0v) is 30.7. The zero-order valence-electron chi connectivity index (χ0n) is 29.8. The number of nitrogens with zero attached hydrogens (tertiary/aromatic N) is 12. The first-order chi connectivity index (χ1) is 27.4. The fourth-order valence-corrected chi connectivity index (χ4v) is 6.77. The first-order valence-corrected chi connectivity index (χ1v) is 18.5. The van der Waals surface area contributed by atoms with Gasteiger partial charge in [0.25, 0.3) is 0 Å². The molecule has 2 aliphatic heterocycles.